The number of carbonyl (C=O) groups excluding carboxylic acids is 1. The van der Waals surface area contributed by atoms with Crippen molar-refractivity contribution in [3.05, 3.63) is 102 Å². The number of nitrogens with one attached hydrogen (secondary N) is 1. The minimum atomic E-state index is 0.00893. The molecule has 1 aliphatic rings. The Morgan fingerprint density at radius 1 is 0.889 bits per heavy atom. The maximum absolute atomic E-state index is 12.9. The maximum atomic E-state index is 12.9. The number of hydrogen-bond acceptors (Lipinski definition) is 2. The Morgan fingerprint density at radius 2 is 1.48 bits per heavy atom. The van der Waals surface area contributed by atoms with Crippen LogP contribution in [-0.2, 0) is 4.79 Å². The number of rotatable bonds is 5. The van der Waals surface area contributed by atoms with Crippen molar-refractivity contribution in [1.29, 1.82) is 0 Å². The molecule has 0 spiro atoms. The smallest absolute Gasteiger partial charge is 0.221 e. The van der Waals surface area contributed by atoms with Crippen LogP contribution in [0.5, 0.6) is 5.75 Å². The van der Waals surface area contributed by atoms with Gasteiger partial charge in [0.1, 0.15) is 5.75 Å². The van der Waals surface area contributed by atoms with Crippen molar-refractivity contribution in [1.82, 2.24) is 5.32 Å². The lowest BCUT2D eigenvalue weighted by Gasteiger charge is -2.27. The van der Waals surface area contributed by atoms with Gasteiger partial charge in [-0.1, -0.05) is 78.9 Å². The predicted molar refractivity (Wildman–Crippen MR) is 107 cm³/mol. The van der Waals surface area contributed by atoms with Crippen molar-refractivity contribution < 1.29 is 9.53 Å². The highest BCUT2D eigenvalue weighted by molar-refractivity contribution is 5.78. The molecule has 0 unspecified atom stereocenters. The van der Waals surface area contributed by atoms with Crippen LogP contribution in [0.2, 0.25) is 0 Å². The maximum Gasteiger partial charge on any atom is 0.221 e. The third-order valence-corrected chi connectivity index (χ3v) is 5.09. The lowest BCUT2D eigenvalue weighted by atomic mass is 9.88. The van der Waals surface area contributed by atoms with Crippen LogP contribution in [0.15, 0.2) is 84.9 Å². The van der Waals surface area contributed by atoms with Gasteiger partial charge in [-0.25, -0.2) is 0 Å². The SMILES string of the molecule is O=C(CC(c1ccccc1)c1ccccc1)N[C@@H]1CCOc2ccccc21. The first-order chi connectivity index (χ1) is 13.3. The predicted octanol–water partition coefficient (Wildman–Crippen LogP) is 4.85. The average molecular weight is 357 g/mol. The van der Waals surface area contributed by atoms with E-state index in [0.717, 1.165) is 28.9 Å². The lowest BCUT2D eigenvalue weighted by Crippen LogP contribution is -2.33. The third kappa shape index (κ3) is 4.03. The average Bonchev–Trinajstić information content (AvgIpc) is 2.73. The van der Waals surface area contributed by atoms with E-state index in [9.17, 15) is 4.79 Å². The highest BCUT2D eigenvalue weighted by atomic mass is 16.5. The molecule has 0 aliphatic carbocycles. The van der Waals surface area contributed by atoms with Crippen LogP contribution >= 0.6 is 0 Å². The van der Waals surface area contributed by atoms with Crippen LogP contribution < -0.4 is 10.1 Å². The molecule has 0 saturated carbocycles. The molecule has 1 N–H and O–H groups in total. The molecule has 0 saturated heterocycles. The van der Waals surface area contributed by atoms with Gasteiger partial charge in [0, 0.05) is 24.3 Å². The molecule has 3 nitrogen and oxygen atoms in total. The normalized spacial score (nSPS) is 15.7. The van der Waals surface area contributed by atoms with Crippen molar-refractivity contribution in [2.45, 2.75) is 24.8 Å². The number of ether oxygens (including phenoxy) is 1. The number of para-hydroxylation sites is 1. The quantitative estimate of drug-likeness (QED) is 0.709. The van der Waals surface area contributed by atoms with Crippen molar-refractivity contribution >= 4 is 5.91 Å². The van der Waals surface area contributed by atoms with Crippen LogP contribution in [0, 0.1) is 0 Å². The second kappa shape index (κ2) is 8.09. The summed E-state index contributed by atoms with van der Waals surface area (Å²) in [7, 11) is 0. The molecule has 1 aliphatic heterocycles. The molecule has 3 heteroatoms. The van der Waals surface area contributed by atoms with Gasteiger partial charge in [0.05, 0.1) is 12.6 Å². The Labute approximate surface area is 160 Å². The lowest BCUT2D eigenvalue weighted by molar-refractivity contribution is -0.122. The van der Waals surface area contributed by atoms with Crippen molar-refractivity contribution in [3.63, 3.8) is 0 Å². The van der Waals surface area contributed by atoms with Gasteiger partial charge >= 0.3 is 0 Å². The van der Waals surface area contributed by atoms with E-state index in [4.69, 9.17) is 4.74 Å². The summed E-state index contributed by atoms with van der Waals surface area (Å²) in [5, 5.41) is 3.23. The molecule has 0 bridgehead atoms. The summed E-state index contributed by atoms with van der Waals surface area (Å²) in [6.45, 7) is 0.628. The van der Waals surface area contributed by atoms with E-state index in [-0.39, 0.29) is 17.9 Å². The fraction of sp³-hybridized carbons (Fsp3) is 0.208. The molecular formula is C24H23NO2. The third-order valence-electron chi connectivity index (χ3n) is 5.09. The molecule has 0 radical (unpaired) electrons. The molecule has 0 aromatic heterocycles. The number of hydrogen-bond donors (Lipinski definition) is 1. The molecule has 3 aromatic carbocycles. The Bertz CT molecular complexity index is 853. The van der Waals surface area contributed by atoms with E-state index >= 15 is 0 Å². The highest BCUT2D eigenvalue weighted by Gasteiger charge is 2.24. The van der Waals surface area contributed by atoms with Crippen LogP contribution in [0.3, 0.4) is 0 Å². The van der Waals surface area contributed by atoms with Gasteiger partial charge in [-0.3, -0.25) is 4.79 Å². The van der Waals surface area contributed by atoms with Crippen molar-refractivity contribution in [2.24, 2.45) is 0 Å². The van der Waals surface area contributed by atoms with Crippen molar-refractivity contribution in [2.75, 3.05) is 6.61 Å². The van der Waals surface area contributed by atoms with Crippen LogP contribution in [0.25, 0.3) is 0 Å². The van der Waals surface area contributed by atoms with Gasteiger partial charge in [0.15, 0.2) is 0 Å². The molecule has 4 rings (SSSR count). The zero-order valence-electron chi connectivity index (χ0n) is 15.2. The standard InChI is InChI=1S/C24H23NO2/c26-24(25-22-15-16-27-23-14-8-7-13-20(22)23)17-21(18-9-3-1-4-10-18)19-11-5-2-6-12-19/h1-14,21-22H,15-17H2,(H,25,26)/t22-/m1/s1. The largest absolute Gasteiger partial charge is 0.493 e. The number of benzene rings is 3. The Kier molecular flexibility index (Phi) is 5.20. The fourth-order valence-electron chi connectivity index (χ4n) is 3.73. The summed E-state index contributed by atoms with van der Waals surface area (Å²) in [5.41, 5.74) is 3.38. The van der Waals surface area contributed by atoms with Crippen LogP contribution in [0.4, 0.5) is 0 Å². The molecule has 0 fully saturated rings. The number of carbonyl (C=O) groups is 1. The monoisotopic (exact) mass is 357 g/mol. The van der Waals surface area contributed by atoms with Gasteiger partial charge < -0.3 is 10.1 Å². The van der Waals surface area contributed by atoms with Gasteiger partial charge in [0.2, 0.25) is 5.91 Å². The minimum Gasteiger partial charge on any atom is -0.493 e. The summed E-state index contributed by atoms with van der Waals surface area (Å²) in [4.78, 5) is 12.9. The summed E-state index contributed by atoms with van der Waals surface area (Å²) >= 11 is 0. The molecular weight excluding hydrogens is 334 g/mol. The van der Waals surface area contributed by atoms with E-state index in [0.29, 0.717) is 13.0 Å². The van der Waals surface area contributed by atoms with E-state index in [2.05, 4.69) is 29.6 Å². The number of amides is 1. The first kappa shape index (κ1) is 17.3. The second-order valence-corrected chi connectivity index (χ2v) is 6.87. The van der Waals surface area contributed by atoms with E-state index < -0.39 is 0 Å². The number of fused-ring (bicyclic) bond motifs is 1. The molecule has 1 amide bonds. The van der Waals surface area contributed by atoms with Crippen molar-refractivity contribution in [3.8, 4) is 5.75 Å². The van der Waals surface area contributed by atoms with Crippen LogP contribution in [-0.4, -0.2) is 12.5 Å². The van der Waals surface area contributed by atoms with Gasteiger partial charge in [-0.05, 0) is 17.2 Å². The zero-order valence-corrected chi connectivity index (χ0v) is 15.2. The van der Waals surface area contributed by atoms with Gasteiger partial charge in [0.25, 0.3) is 0 Å². The summed E-state index contributed by atoms with van der Waals surface area (Å²) in [6.07, 6.45) is 1.22. The summed E-state index contributed by atoms with van der Waals surface area (Å²) in [5.74, 6) is 0.980. The molecule has 1 atom stereocenters. The zero-order chi connectivity index (χ0) is 18.5. The second-order valence-electron chi connectivity index (χ2n) is 6.87. The topological polar surface area (TPSA) is 38.3 Å². The Hall–Kier alpha value is -3.07. The van der Waals surface area contributed by atoms with Gasteiger partial charge in [-0.2, -0.15) is 0 Å². The molecule has 136 valence electrons. The Balaban J connectivity index is 1.53. The fourth-order valence-corrected chi connectivity index (χ4v) is 3.73. The van der Waals surface area contributed by atoms with E-state index in [1.165, 1.54) is 0 Å². The summed E-state index contributed by atoms with van der Waals surface area (Å²) in [6, 6.07) is 28.4. The van der Waals surface area contributed by atoms with E-state index in [1.54, 1.807) is 0 Å². The molecule has 27 heavy (non-hydrogen) atoms. The molecule has 3 aromatic rings. The van der Waals surface area contributed by atoms with Crippen LogP contribution in [0.1, 0.15) is 41.5 Å². The molecule has 1 heterocycles. The van der Waals surface area contributed by atoms with Gasteiger partial charge in [-0.15, -0.1) is 0 Å². The first-order valence-corrected chi connectivity index (χ1v) is 9.42. The minimum absolute atomic E-state index is 0.00893. The summed E-state index contributed by atoms with van der Waals surface area (Å²) < 4.78 is 5.70. The van der Waals surface area contributed by atoms with E-state index in [1.807, 2.05) is 60.7 Å². The first-order valence-electron chi connectivity index (χ1n) is 9.42. The Morgan fingerprint density at radius 3 is 2.15 bits per heavy atom. The highest BCUT2D eigenvalue weighted by Crippen LogP contribution is 2.33.